The standard InChI is InChI=1S/C10H18N2O6S/c13-5-2-8(9(14)15)11-10(16)12-3-1-6-19(17,18)7-4-12/h8,13H,1-7H2,(H,11,16)(H,14,15). The highest BCUT2D eigenvalue weighted by Crippen LogP contribution is 2.06. The minimum atomic E-state index is -3.12. The Bertz CT molecular complexity index is 435. The van der Waals surface area contributed by atoms with Gasteiger partial charge in [-0.05, 0) is 6.42 Å². The average molecular weight is 294 g/mol. The SMILES string of the molecule is O=C(O)C(CCO)NC(=O)N1CCCS(=O)(=O)CC1. The first-order valence-corrected chi connectivity index (χ1v) is 7.77. The van der Waals surface area contributed by atoms with Crippen LogP contribution in [0.5, 0.6) is 0 Å². The van der Waals surface area contributed by atoms with Gasteiger partial charge >= 0.3 is 12.0 Å². The van der Waals surface area contributed by atoms with Gasteiger partial charge in [-0.25, -0.2) is 18.0 Å². The van der Waals surface area contributed by atoms with Gasteiger partial charge in [-0.15, -0.1) is 0 Å². The van der Waals surface area contributed by atoms with E-state index in [1.165, 1.54) is 4.90 Å². The van der Waals surface area contributed by atoms with Crippen LogP contribution in [0.1, 0.15) is 12.8 Å². The highest BCUT2D eigenvalue weighted by atomic mass is 32.2. The van der Waals surface area contributed by atoms with E-state index < -0.39 is 27.9 Å². The number of rotatable bonds is 4. The molecule has 2 amide bonds. The van der Waals surface area contributed by atoms with Crippen molar-refractivity contribution < 1.29 is 28.2 Å². The van der Waals surface area contributed by atoms with Crippen LogP contribution in [0, 0.1) is 0 Å². The monoisotopic (exact) mass is 294 g/mol. The van der Waals surface area contributed by atoms with Crippen molar-refractivity contribution in [1.29, 1.82) is 0 Å². The van der Waals surface area contributed by atoms with Crippen molar-refractivity contribution in [2.75, 3.05) is 31.2 Å². The first-order chi connectivity index (χ1) is 8.85. The van der Waals surface area contributed by atoms with Crippen LogP contribution in [-0.4, -0.2) is 72.8 Å². The van der Waals surface area contributed by atoms with Crippen LogP contribution >= 0.6 is 0 Å². The summed E-state index contributed by atoms with van der Waals surface area (Å²) in [4.78, 5) is 24.0. The molecule has 0 aliphatic carbocycles. The van der Waals surface area contributed by atoms with E-state index in [1.807, 2.05) is 0 Å². The number of hydrogen-bond donors (Lipinski definition) is 3. The van der Waals surface area contributed by atoms with Gasteiger partial charge in [0.2, 0.25) is 0 Å². The van der Waals surface area contributed by atoms with Crippen molar-refractivity contribution in [3.05, 3.63) is 0 Å². The van der Waals surface area contributed by atoms with Crippen LogP contribution in [0.2, 0.25) is 0 Å². The summed E-state index contributed by atoms with van der Waals surface area (Å²) in [6.45, 7) is -0.0260. The Morgan fingerprint density at radius 1 is 1.26 bits per heavy atom. The van der Waals surface area contributed by atoms with Gasteiger partial charge in [0.15, 0.2) is 9.84 Å². The highest BCUT2D eigenvalue weighted by molar-refractivity contribution is 7.91. The summed E-state index contributed by atoms with van der Waals surface area (Å²) in [5.41, 5.74) is 0. The van der Waals surface area contributed by atoms with Crippen molar-refractivity contribution >= 4 is 21.8 Å². The van der Waals surface area contributed by atoms with Gasteiger partial charge in [0.1, 0.15) is 6.04 Å². The molecule has 1 atom stereocenters. The molecule has 0 spiro atoms. The van der Waals surface area contributed by atoms with Crippen LogP contribution in [0.15, 0.2) is 0 Å². The van der Waals surface area contributed by atoms with E-state index in [9.17, 15) is 18.0 Å². The molecular weight excluding hydrogens is 276 g/mol. The summed E-state index contributed by atoms with van der Waals surface area (Å²) >= 11 is 0. The summed E-state index contributed by atoms with van der Waals surface area (Å²) in [6, 6.07) is -1.78. The lowest BCUT2D eigenvalue weighted by molar-refractivity contribution is -0.139. The molecule has 1 aliphatic heterocycles. The lowest BCUT2D eigenvalue weighted by Gasteiger charge is -2.22. The number of nitrogens with zero attached hydrogens (tertiary/aromatic N) is 1. The van der Waals surface area contributed by atoms with Gasteiger partial charge < -0.3 is 20.4 Å². The number of nitrogens with one attached hydrogen (secondary N) is 1. The van der Waals surface area contributed by atoms with Crippen LogP contribution < -0.4 is 5.32 Å². The number of aliphatic hydroxyl groups excluding tert-OH is 1. The summed E-state index contributed by atoms with van der Waals surface area (Å²) in [5, 5.41) is 19.8. The number of sulfone groups is 1. The van der Waals surface area contributed by atoms with Crippen LogP contribution in [0.25, 0.3) is 0 Å². The molecule has 3 N–H and O–H groups in total. The fourth-order valence-electron chi connectivity index (χ4n) is 1.77. The first kappa shape index (κ1) is 15.7. The lowest BCUT2D eigenvalue weighted by Crippen LogP contribution is -2.49. The molecule has 0 bridgehead atoms. The van der Waals surface area contributed by atoms with Gasteiger partial charge in [0.05, 0.1) is 11.5 Å². The normalized spacial score (nSPS) is 20.4. The lowest BCUT2D eigenvalue weighted by atomic mass is 10.2. The molecule has 0 saturated carbocycles. The van der Waals surface area contributed by atoms with Crippen LogP contribution in [0.4, 0.5) is 4.79 Å². The molecule has 1 fully saturated rings. The maximum atomic E-state index is 11.8. The molecule has 1 unspecified atom stereocenters. The molecule has 0 radical (unpaired) electrons. The van der Waals surface area contributed by atoms with E-state index in [0.717, 1.165) is 0 Å². The fourth-order valence-corrected chi connectivity index (χ4v) is 3.04. The Hall–Kier alpha value is -1.35. The van der Waals surface area contributed by atoms with Crippen molar-refractivity contribution in [3.63, 3.8) is 0 Å². The molecule has 0 aromatic heterocycles. The van der Waals surface area contributed by atoms with E-state index in [0.29, 0.717) is 6.42 Å². The number of carboxylic acid groups (broad SMARTS) is 1. The zero-order chi connectivity index (χ0) is 14.5. The van der Waals surface area contributed by atoms with Crippen molar-refractivity contribution in [2.24, 2.45) is 0 Å². The zero-order valence-electron chi connectivity index (χ0n) is 10.4. The molecule has 1 saturated heterocycles. The number of carbonyl (C=O) groups excluding carboxylic acids is 1. The molecular formula is C10H18N2O6S. The van der Waals surface area contributed by atoms with Crippen LogP contribution in [0.3, 0.4) is 0 Å². The maximum absolute atomic E-state index is 11.8. The number of carbonyl (C=O) groups is 2. The molecule has 1 rings (SSSR count). The Balaban J connectivity index is 2.59. The Morgan fingerprint density at radius 3 is 2.53 bits per heavy atom. The number of hydrogen-bond acceptors (Lipinski definition) is 5. The van der Waals surface area contributed by atoms with Gasteiger partial charge in [-0.2, -0.15) is 0 Å². The van der Waals surface area contributed by atoms with Gasteiger partial charge in [0.25, 0.3) is 0 Å². The van der Waals surface area contributed by atoms with Crippen molar-refractivity contribution in [2.45, 2.75) is 18.9 Å². The smallest absolute Gasteiger partial charge is 0.326 e. The third-order valence-corrected chi connectivity index (χ3v) is 4.57. The molecule has 1 aliphatic rings. The number of aliphatic carboxylic acids is 1. The third-order valence-electron chi connectivity index (χ3n) is 2.86. The molecule has 9 heteroatoms. The van der Waals surface area contributed by atoms with Gasteiger partial charge in [0, 0.05) is 26.1 Å². The number of aliphatic hydroxyl groups is 1. The zero-order valence-corrected chi connectivity index (χ0v) is 11.2. The Labute approximate surface area is 111 Å². The van der Waals surface area contributed by atoms with Crippen molar-refractivity contribution in [3.8, 4) is 0 Å². The number of carboxylic acids is 1. The molecule has 8 nitrogen and oxygen atoms in total. The van der Waals surface area contributed by atoms with E-state index in [1.54, 1.807) is 0 Å². The quantitative estimate of drug-likeness (QED) is 0.589. The summed E-state index contributed by atoms with van der Waals surface area (Å²) in [7, 11) is -3.12. The highest BCUT2D eigenvalue weighted by Gasteiger charge is 2.26. The number of urea groups is 1. The minimum Gasteiger partial charge on any atom is -0.480 e. The molecule has 19 heavy (non-hydrogen) atoms. The second-order valence-corrected chi connectivity index (χ2v) is 6.65. The maximum Gasteiger partial charge on any atom is 0.326 e. The summed E-state index contributed by atoms with van der Waals surface area (Å²) in [5.74, 6) is -1.31. The third kappa shape index (κ3) is 5.03. The topological polar surface area (TPSA) is 124 Å². The largest absolute Gasteiger partial charge is 0.480 e. The fraction of sp³-hybridized carbons (Fsp3) is 0.800. The summed E-state index contributed by atoms with van der Waals surface area (Å²) < 4.78 is 22.8. The number of amides is 2. The minimum absolute atomic E-state index is 0.0375. The molecule has 110 valence electrons. The van der Waals surface area contributed by atoms with E-state index in [4.69, 9.17) is 10.2 Å². The second kappa shape index (κ2) is 6.71. The first-order valence-electron chi connectivity index (χ1n) is 5.95. The predicted molar refractivity (Wildman–Crippen MR) is 66.5 cm³/mol. The van der Waals surface area contributed by atoms with E-state index in [-0.39, 0.29) is 37.6 Å². The molecule has 0 aromatic rings. The van der Waals surface area contributed by atoms with E-state index in [2.05, 4.69) is 5.32 Å². The Kier molecular flexibility index (Phi) is 5.55. The van der Waals surface area contributed by atoms with Gasteiger partial charge in [-0.1, -0.05) is 0 Å². The van der Waals surface area contributed by atoms with Crippen molar-refractivity contribution in [1.82, 2.24) is 10.2 Å². The average Bonchev–Trinajstić information content (AvgIpc) is 2.49. The van der Waals surface area contributed by atoms with Crippen LogP contribution in [-0.2, 0) is 14.6 Å². The molecule has 0 aromatic carbocycles. The van der Waals surface area contributed by atoms with Gasteiger partial charge in [-0.3, -0.25) is 0 Å². The predicted octanol–water partition coefficient (Wildman–Crippen LogP) is -1.35. The second-order valence-electron chi connectivity index (χ2n) is 4.35. The molecule has 1 heterocycles. The summed E-state index contributed by atoms with van der Waals surface area (Å²) in [6.07, 6.45) is 0.251. The Morgan fingerprint density at radius 2 is 1.95 bits per heavy atom. The van der Waals surface area contributed by atoms with E-state index >= 15 is 0 Å².